The second-order valence-corrected chi connectivity index (χ2v) is 5.07. The lowest BCUT2D eigenvalue weighted by molar-refractivity contribution is -0.132. The zero-order chi connectivity index (χ0) is 14.5. The molecule has 0 saturated carbocycles. The fourth-order valence-electron chi connectivity index (χ4n) is 2.29. The standard InChI is InChI=1S/C14H20N4O2/c1-18-9-12(6-7-13(18)19)16-8-10-2-4-11(5-3-10)14(15)17-20/h2-5,12,16,20H,6-9H2,1H3,(H2,15,17). The van der Waals surface area contributed by atoms with E-state index in [4.69, 9.17) is 10.9 Å². The molecule has 108 valence electrons. The number of hydrogen-bond donors (Lipinski definition) is 3. The van der Waals surface area contributed by atoms with Gasteiger partial charge in [0.05, 0.1) is 0 Å². The van der Waals surface area contributed by atoms with Crippen LogP contribution >= 0.6 is 0 Å². The lowest BCUT2D eigenvalue weighted by Crippen LogP contribution is -2.46. The highest BCUT2D eigenvalue weighted by Gasteiger charge is 2.22. The second-order valence-electron chi connectivity index (χ2n) is 5.07. The van der Waals surface area contributed by atoms with E-state index in [2.05, 4.69) is 10.5 Å². The zero-order valence-electron chi connectivity index (χ0n) is 11.5. The molecule has 20 heavy (non-hydrogen) atoms. The summed E-state index contributed by atoms with van der Waals surface area (Å²) >= 11 is 0. The minimum absolute atomic E-state index is 0.108. The molecule has 6 nitrogen and oxygen atoms in total. The third-order valence-electron chi connectivity index (χ3n) is 3.58. The van der Waals surface area contributed by atoms with Crippen LogP contribution in [0.2, 0.25) is 0 Å². The molecule has 1 unspecified atom stereocenters. The molecule has 6 heteroatoms. The Hall–Kier alpha value is -2.08. The summed E-state index contributed by atoms with van der Waals surface area (Å²) in [6.45, 7) is 1.49. The van der Waals surface area contributed by atoms with E-state index >= 15 is 0 Å². The average molecular weight is 276 g/mol. The van der Waals surface area contributed by atoms with Gasteiger partial charge in [-0.3, -0.25) is 4.79 Å². The molecule has 2 rings (SSSR count). The number of amidine groups is 1. The first kappa shape index (κ1) is 14.3. The number of nitrogens with one attached hydrogen (secondary N) is 1. The van der Waals surface area contributed by atoms with Gasteiger partial charge in [0.2, 0.25) is 5.91 Å². The van der Waals surface area contributed by atoms with Crippen molar-refractivity contribution in [3.05, 3.63) is 35.4 Å². The van der Waals surface area contributed by atoms with E-state index < -0.39 is 0 Å². The summed E-state index contributed by atoms with van der Waals surface area (Å²) in [5.74, 6) is 0.322. The Morgan fingerprint density at radius 2 is 2.20 bits per heavy atom. The van der Waals surface area contributed by atoms with Crippen LogP contribution in [-0.4, -0.2) is 41.5 Å². The maximum Gasteiger partial charge on any atom is 0.222 e. The van der Waals surface area contributed by atoms with E-state index in [-0.39, 0.29) is 11.7 Å². The van der Waals surface area contributed by atoms with Crippen molar-refractivity contribution in [3.8, 4) is 0 Å². The Labute approximate surface area is 118 Å². The Bertz CT molecular complexity index is 498. The van der Waals surface area contributed by atoms with Crippen LogP contribution in [0.1, 0.15) is 24.0 Å². The number of nitrogens with two attached hydrogens (primary N) is 1. The van der Waals surface area contributed by atoms with Crippen LogP contribution in [0, 0.1) is 0 Å². The first-order valence-electron chi connectivity index (χ1n) is 6.64. The summed E-state index contributed by atoms with van der Waals surface area (Å²) in [5, 5.41) is 15.0. The molecule has 1 amide bonds. The molecule has 0 aliphatic carbocycles. The number of benzene rings is 1. The molecular weight excluding hydrogens is 256 g/mol. The molecule has 4 N–H and O–H groups in total. The molecule has 1 aliphatic rings. The van der Waals surface area contributed by atoms with Crippen molar-refractivity contribution in [3.63, 3.8) is 0 Å². The highest BCUT2D eigenvalue weighted by molar-refractivity contribution is 5.96. The lowest BCUT2D eigenvalue weighted by Gasteiger charge is -2.30. The quantitative estimate of drug-likeness (QED) is 0.323. The van der Waals surface area contributed by atoms with Gasteiger partial charge in [0.1, 0.15) is 0 Å². The van der Waals surface area contributed by atoms with E-state index in [1.54, 1.807) is 4.90 Å². The molecule has 1 fully saturated rings. The molecule has 0 spiro atoms. The summed E-state index contributed by atoms with van der Waals surface area (Å²) in [6, 6.07) is 7.86. The summed E-state index contributed by atoms with van der Waals surface area (Å²) < 4.78 is 0. The van der Waals surface area contributed by atoms with Crippen molar-refractivity contribution in [2.24, 2.45) is 10.9 Å². The van der Waals surface area contributed by atoms with Crippen molar-refractivity contribution in [1.29, 1.82) is 0 Å². The number of amides is 1. The van der Waals surface area contributed by atoms with E-state index in [0.29, 0.717) is 18.0 Å². The summed E-state index contributed by atoms with van der Waals surface area (Å²) in [7, 11) is 1.84. The van der Waals surface area contributed by atoms with E-state index in [1.807, 2.05) is 31.3 Å². The Balaban J connectivity index is 1.87. The first-order chi connectivity index (χ1) is 9.60. The number of likely N-dealkylation sites (N-methyl/N-ethyl adjacent to an activating group) is 1. The number of rotatable bonds is 4. The second kappa shape index (κ2) is 6.38. The van der Waals surface area contributed by atoms with Crippen molar-refractivity contribution < 1.29 is 10.0 Å². The van der Waals surface area contributed by atoms with Gasteiger partial charge in [-0.15, -0.1) is 0 Å². The molecule has 0 radical (unpaired) electrons. The van der Waals surface area contributed by atoms with Crippen LogP contribution in [0.4, 0.5) is 0 Å². The average Bonchev–Trinajstić information content (AvgIpc) is 2.48. The minimum atomic E-state index is 0.108. The molecule has 1 aromatic carbocycles. The SMILES string of the molecule is CN1CC(NCc2ccc(C(N)=NO)cc2)CCC1=O. The van der Waals surface area contributed by atoms with Gasteiger partial charge in [-0.05, 0) is 12.0 Å². The number of hydrogen-bond acceptors (Lipinski definition) is 4. The summed E-state index contributed by atoms with van der Waals surface area (Å²) in [5.41, 5.74) is 7.33. The van der Waals surface area contributed by atoms with E-state index in [9.17, 15) is 4.79 Å². The van der Waals surface area contributed by atoms with Crippen LogP contribution in [0.15, 0.2) is 29.4 Å². The van der Waals surface area contributed by atoms with Gasteiger partial charge in [-0.25, -0.2) is 0 Å². The fourth-order valence-corrected chi connectivity index (χ4v) is 2.29. The molecule has 1 saturated heterocycles. The predicted molar refractivity (Wildman–Crippen MR) is 76.5 cm³/mol. The molecular formula is C14H20N4O2. The van der Waals surface area contributed by atoms with Gasteiger partial charge < -0.3 is 21.2 Å². The van der Waals surface area contributed by atoms with Crippen molar-refractivity contribution >= 4 is 11.7 Å². The highest BCUT2D eigenvalue weighted by atomic mass is 16.4. The first-order valence-corrected chi connectivity index (χ1v) is 6.64. The van der Waals surface area contributed by atoms with Crippen molar-refractivity contribution in [2.45, 2.75) is 25.4 Å². The summed E-state index contributed by atoms with van der Waals surface area (Å²) in [4.78, 5) is 13.2. The smallest absolute Gasteiger partial charge is 0.222 e. The van der Waals surface area contributed by atoms with Gasteiger partial charge in [0.15, 0.2) is 5.84 Å². The third kappa shape index (κ3) is 3.48. The molecule has 1 heterocycles. The fraction of sp³-hybridized carbons (Fsp3) is 0.429. The number of piperidine rings is 1. The molecule has 0 bridgehead atoms. The monoisotopic (exact) mass is 276 g/mol. The number of oxime groups is 1. The van der Waals surface area contributed by atoms with Gasteiger partial charge in [-0.2, -0.15) is 0 Å². The van der Waals surface area contributed by atoms with Crippen LogP contribution in [0.5, 0.6) is 0 Å². The number of likely N-dealkylation sites (tertiary alicyclic amines) is 1. The predicted octanol–water partition coefficient (Wildman–Crippen LogP) is 0.491. The van der Waals surface area contributed by atoms with Crippen LogP contribution in [0.3, 0.4) is 0 Å². The Kier molecular flexibility index (Phi) is 4.57. The minimum Gasteiger partial charge on any atom is -0.409 e. The Morgan fingerprint density at radius 3 is 2.80 bits per heavy atom. The largest absolute Gasteiger partial charge is 0.409 e. The molecule has 1 atom stereocenters. The van der Waals surface area contributed by atoms with E-state index in [0.717, 1.165) is 25.1 Å². The van der Waals surface area contributed by atoms with Crippen LogP contribution in [0.25, 0.3) is 0 Å². The van der Waals surface area contributed by atoms with Gasteiger partial charge in [0.25, 0.3) is 0 Å². The van der Waals surface area contributed by atoms with Crippen LogP contribution in [-0.2, 0) is 11.3 Å². The van der Waals surface area contributed by atoms with Crippen molar-refractivity contribution in [2.75, 3.05) is 13.6 Å². The van der Waals surface area contributed by atoms with Gasteiger partial charge in [-0.1, -0.05) is 29.4 Å². The van der Waals surface area contributed by atoms with E-state index in [1.165, 1.54) is 0 Å². The number of nitrogens with zero attached hydrogens (tertiary/aromatic N) is 2. The maximum atomic E-state index is 11.4. The van der Waals surface area contributed by atoms with Gasteiger partial charge >= 0.3 is 0 Å². The summed E-state index contributed by atoms with van der Waals surface area (Å²) in [6.07, 6.45) is 1.49. The maximum absolute atomic E-state index is 11.4. The molecule has 1 aliphatic heterocycles. The Morgan fingerprint density at radius 1 is 1.50 bits per heavy atom. The number of carbonyl (C=O) groups excluding carboxylic acids is 1. The third-order valence-corrected chi connectivity index (χ3v) is 3.58. The number of carbonyl (C=O) groups is 1. The van der Waals surface area contributed by atoms with Gasteiger partial charge in [0, 0.05) is 38.2 Å². The molecule has 0 aromatic heterocycles. The zero-order valence-corrected chi connectivity index (χ0v) is 11.5. The normalized spacial score (nSPS) is 20.2. The highest BCUT2D eigenvalue weighted by Crippen LogP contribution is 2.11. The topological polar surface area (TPSA) is 90.9 Å². The lowest BCUT2D eigenvalue weighted by atomic mass is 10.0. The van der Waals surface area contributed by atoms with Crippen molar-refractivity contribution in [1.82, 2.24) is 10.2 Å². The molecule has 1 aromatic rings. The van der Waals surface area contributed by atoms with Crippen LogP contribution < -0.4 is 11.1 Å².